The van der Waals surface area contributed by atoms with Crippen molar-refractivity contribution in [1.82, 2.24) is 14.9 Å². The van der Waals surface area contributed by atoms with Gasteiger partial charge in [-0.3, -0.25) is 5.32 Å². The van der Waals surface area contributed by atoms with Crippen LogP contribution in [0.25, 0.3) is 21.3 Å². The number of ether oxygens (including phenoxy) is 2. The molecule has 150 valence electrons. The number of benzene rings is 1. The molecule has 2 saturated heterocycles. The van der Waals surface area contributed by atoms with Crippen molar-refractivity contribution in [3.63, 3.8) is 0 Å². The number of hydrogen-bond donors (Lipinski definition) is 1. The van der Waals surface area contributed by atoms with Crippen molar-refractivity contribution in [2.24, 2.45) is 5.41 Å². The molecule has 0 saturated carbocycles. The first-order chi connectivity index (χ1) is 14.2. The average Bonchev–Trinajstić information content (AvgIpc) is 3.48. The molecule has 0 radical (unpaired) electrons. The summed E-state index contributed by atoms with van der Waals surface area (Å²) in [6.07, 6.45) is 3.82. The zero-order chi connectivity index (χ0) is 19.8. The van der Waals surface area contributed by atoms with Gasteiger partial charge in [-0.25, -0.2) is 14.8 Å². The van der Waals surface area contributed by atoms with Gasteiger partial charge in [-0.2, -0.15) is 0 Å². The van der Waals surface area contributed by atoms with Crippen LogP contribution in [0, 0.1) is 5.41 Å². The highest BCUT2D eigenvalue weighted by Crippen LogP contribution is 2.40. The zero-order valence-electron chi connectivity index (χ0n) is 16.2. The number of carbonyl (C=O) groups excluding carboxylic acids is 1. The fourth-order valence-electron chi connectivity index (χ4n) is 4.17. The van der Waals surface area contributed by atoms with Gasteiger partial charge in [0.2, 0.25) is 5.88 Å². The molecular formula is C21H22N4O3S. The molecule has 29 heavy (non-hydrogen) atoms. The van der Waals surface area contributed by atoms with E-state index in [0.29, 0.717) is 16.5 Å². The van der Waals surface area contributed by atoms with Crippen LogP contribution in [0.15, 0.2) is 36.5 Å². The summed E-state index contributed by atoms with van der Waals surface area (Å²) in [6, 6.07) is 9.92. The summed E-state index contributed by atoms with van der Waals surface area (Å²) >= 11 is 1.44. The predicted octanol–water partition coefficient (Wildman–Crippen LogP) is 4.01. The first kappa shape index (κ1) is 18.3. The second-order valence-corrected chi connectivity index (χ2v) is 8.65. The maximum Gasteiger partial charge on any atom is 0.323 e. The van der Waals surface area contributed by atoms with Gasteiger partial charge in [0.15, 0.2) is 5.13 Å². The van der Waals surface area contributed by atoms with Crippen LogP contribution in [0.3, 0.4) is 0 Å². The third-order valence-electron chi connectivity index (χ3n) is 5.79. The molecule has 1 spiro atoms. The van der Waals surface area contributed by atoms with E-state index in [1.807, 2.05) is 35.2 Å². The lowest BCUT2D eigenvalue weighted by molar-refractivity contribution is 0.154. The van der Waals surface area contributed by atoms with Gasteiger partial charge in [-0.1, -0.05) is 41.7 Å². The van der Waals surface area contributed by atoms with Crippen LogP contribution in [0.1, 0.15) is 12.8 Å². The van der Waals surface area contributed by atoms with Gasteiger partial charge in [0.25, 0.3) is 0 Å². The van der Waals surface area contributed by atoms with E-state index in [-0.39, 0.29) is 11.4 Å². The topological polar surface area (TPSA) is 76.6 Å². The van der Waals surface area contributed by atoms with E-state index >= 15 is 0 Å². The Morgan fingerprint density at radius 2 is 2.17 bits per heavy atom. The molecule has 1 aromatic carbocycles. The number of hydrogen-bond acceptors (Lipinski definition) is 6. The average molecular weight is 410 g/mol. The predicted molar refractivity (Wildman–Crippen MR) is 112 cm³/mol. The second kappa shape index (κ2) is 7.27. The normalized spacial score (nSPS) is 21.2. The van der Waals surface area contributed by atoms with Crippen molar-refractivity contribution in [1.29, 1.82) is 0 Å². The highest BCUT2D eigenvalue weighted by Gasteiger charge is 2.42. The maximum absolute atomic E-state index is 12.8. The van der Waals surface area contributed by atoms with E-state index in [1.165, 1.54) is 11.3 Å². The largest absolute Gasteiger partial charge is 0.479 e. The number of methoxy groups -OCH3 is 1. The zero-order valence-corrected chi connectivity index (χ0v) is 17.0. The van der Waals surface area contributed by atoms with Crippen molar-refractivity contribution in [3.05, 3.63) is 36.5 Å². The summed E-state index contributed by atoms with van der Waals surface area (Å²) in [4.78, 5) is 23.7. The molecular weight excluding hydrogens is 388 g/mol. The summed E-state index contributed by atoms with van der Waals surface area (Å²) in [5, 5.41) is 3.53. The third-order valence-corrected chi connectivity index (χ3v) is 6.79. The number of anilines is 1. The van der Waals surface area contributed by atoms with E-state index in [2.05, 4.69) is 15.3 Å². The van der Waals surface area contributed by atoms with Crippen LogP contribution in [0.5, 0.6) is 5.88 Å². The number of fused-ring (bicyclic) bond motifs is 1. The Morgan fingerprint density at radius 3 is 2.93 bits per heavy atom. The molecule has 1 atom stereocenters. The second-order valence-electron chi connectivity index (χ2n) is 7.65. The van der Waals surface area contributed by atoms with E-state index < -0.39 is 0 Å². The lowest BCUT2D eigenvalue weighted by atomic mass is 9.87. The minimum Gasteiger partial charge on any atom is -0.479 e. The van der Waals surface area contributed by atoms with E-state index in [4.69, 9.17) is 9.47 Å². The van der Waals surface area contributed by atoms with Crippen LogP contribution in [-0.4, -0.2) is 54.3 Å². The molecule has 2 aliphatic heterocycles. The molecule has 8 heteroatoms. The summed E-state index contributed by atoms with van der Waals surface area (Å²) in [6.45, 7) is 3.04. The Balaban J connectivity index is 1.43. The standard InChI is InChI=1S/C21H22N4O3S/c1-27-18-16-17(15(11-22-18)14-5-3-2-4-6-14)29-19(23-16)24-20(26)25-9-7-21(12-25)8-10-28-13-21/h2-6,11H,7-10,12-13H2,1H3,(H,23,24,26)/t21-/m1/s1. The van der Waals surface area contributed by atoms with Crippen molar-refractivity contribution in [2.45, 2.75) is 12.8 Å². The van der Waals surface area contributed by atoms with Gasteiger partial charge in [-0.15, -0.1) is 0 Å². The van der Waals surface area contributed by atoms with Crippen molar-refractivity contribution in [2.75, 3.05) is 38.7 Å². The van der Waals surface area contributed by atoms with Gasteiger partial charge in [0.05, 0.1) is 18.4 Å². The minimum absolute atomic E-state index is 0.110. The number of thiazole rings is 1. The van der Waals surface area contributed by atoms with Crippen LogP contribution in [0.2, 0.25) is 0 Å². The number of urea groups is 1. The molecule has 2 amide bonds. The highest BCUT2D eigenvalue weighted by atomic mass is 32.1. The molecule has 5 rings (SSSR count). The number of nitrogens with one attached hydrogen (secondary N) is 1. The minimum atomic E-state index is -0.110. The Bertz CT molecular complexity index is 1050. The van der Waals surface area contributed by atoms with Gasteiger partial charge in [0.1, 0.15) is 5.52 Å². The van der Waals surface area contributed by atoms with Gasteiger partial charge in [0, 0.05) is 36.9 Å². The van der Waals surface area contributed by atoms with Gasteiger partial charge < -0.3 is 14.4 Å². The number of aromatic nitrogens is 2. The van der Waals surface area contributed by atoms with Gasteiger partial charge >= 0.3 is 6.03 Å². The Kier molecular flexibility index (Phi) is 4.60. The molecule has 0 aliphatic carbocycles. The number of pyridine rings is 1. The fourth-order valence-corrected chi connectivity index (χ4v) is 5.15. The van der Waals surface area contributed by atoms with Crippen LogP contribution >= 0.6 is 11.3 Å². The number of carbonyl (C=O) groups is 1. The van der Waals surface area contributed by atoms with Crippen molar-refractivity contribution in [3.8, 4) is 17.0 Å². The molecule has 2 aliphatic rings. The Hall–Kier alpha value is -2.71. The number of nitrogens with zero attached hydrogens (tertiary/aromatic N) is 3. The van der Waals surface area contributed by atoms with Crippen molar-refractivity contribution >= 4 is 32.7 Å². The molecule has 0 bridgehead atoms. The maximum atomic E-state index is 12.8. The summed E-state index contributed by atoms with van der Waals surface area (Å²) < 4.78 is 11.9. The summed E-state index contributed by atoms with van der Waals surface area (Å²) in [5.41, 5.74) is 2.83. The molecule has 7 nitrogen and oxygen atoms in total. The third kappa shape index (κ3) is 3.32. The Morgan fingerprint density at radius 1 is 1.31 bits per heavy atom. The summed E-state index contributed by atoms with van der Waals surface area (Å²) in [5.74, 6) is 0.458. The SMILES string of the molecule is COc1ncc(-c2ccccc2)c2sc(NC(=O)N3CC[C@@]4(CCOC4)C3)nc12. The molecule has 0 unspecified atom stereocenters. The number of amides is 2. The molecule has 4 heterocycles. The number of rotatable bonds is 3. The summed E-state index contributed by atoms with van der Waals surface area (Å²) in [7, 11) is 1.58. The van der Waals surface area contributed by atoms with Crippen LogP contribution in [0.4, 0.5) is 9.93 Å². The van der Waals surface area contributed by atoms with E-state index in [0.717, 1.165) is 55.0 Å². The van der Waals surface area contributed by atoms with Crippen molar-refractivity contribution < 1.29 is 14.3 Å². The quantitative estimate of drug-likeness (QED) is 0.706. The number of likely N-dealkylation sites (tertiary alicyclic amines) is 1. The first-order valence-corrected chi connectivity index (χ1v) is 10.5. The molecule has 1 N–H and O–H groups in total. The van der Waals surface area contributed by atoms with E-state index in [9.17, 15) is 4.79 Å². The van der Waals surface area contributed by atoms with Gasteiger partial charge in [-0.05, 0) is 18.4 Å². The highest BCUT2D eigenvalue weighted by molar-refractivity contribution is 7.23. The lowest BCUT2D eigenvalue weighted by Crippen LogP contribution is -2.35. The fraction of sp³-hybridized carbons (Fsp3) is 0.381. The van der Waals surface area contributed by atoms with Crippen LogP contribution < -0.4 is 10.1 Å². The van der Waals surface area contributed by atoms with E-state index in [1.54, 1.807) is 13.3 Å². The Labute approximate surface area is 172 Å². The first-order valence-electron chi connectivity index (χ1n) is 9.70. The molecule has 2 fully saturated rings. The monoisotopic (exact) mass is 410 g/mol. The van der Waals surface area contributed by atoms with Crippen LogP contribution in [-0.2, 0) is 4.74 Å². The molecule has 2 aromatic heterocycles. The molecule has 3 aromatic rings. The lowest BCUT2D eigenvalue weighted by Gasteiger charge is -2.21. The smallest absolute Gasteiger partial charge is 0.323 e.